The van der Waals surface area contributed by atoms with Gasteiger partial charge in [0.15, 0.2) is 11.5 Å². The van der Waals surface area contributed by atoms with E-state index in [4.69, 9.17) is 9.47 Å². The minimum Gasteiger partial charge on any atom is -0.490 e. The molecule has 5 nitrogen and oxygen atoms in total. The average Bonchev–Trinajstić information content (AvgIpc) is 3.03. The van der Waals surface area contributed by atoms with Crippen LogP contribution in [0.5, 0.6) is 11.5 Å². The summed E-state index contributed by atoms with van der Waals surface area (Å²) in [4.78, 5) is 4.10. The molecule has 0 atom stereocenters. The average molecular weight is 319 g/mol. The maximum absolute atomic E-state index is 5.76. The molecular weight excluding hydrogens is 298 g/mol. The Labute approximate surface area is 135 Å². The molecule has 0 bridgehead atoms. The Morgan fingerprint density at radius 3 is 2.91 bits per heavy atom. The van der Waals surface area contributed by atoms with Crippen LogP contribution in [0.1, 0.15) is 32.3 Å². The van der Waals surface area contributed by atoms with Crippen molar-refractivity contribution in [2.45, 2.75) is 26.7 Å². The number of hydrogen-bond acceptors (Lipinski definition) is 6. The molecule has 2 aromatic rings. The highest BCUT2D eigenvalue weighted by Crippen LogP contribution is 2.28. The van der Waals surface area contributed by atoms with Gasteiger partial charge in [-0.05, 0) is 37.1 Å². The summed E-state index contributed by atoms with van der Waals surface area (Å²) in [5, 5.41) is 6.83. The van der Waals surface area contributed by atoms with Crippen LogP contribution in [0.4, 0.5) is 5.13 Å². The summed E-state index contributed by atoms with van der Waals surface area (Å²) in [6, 6.07) is 5.81. The molecule has 0 fully saturated rings. The van der Waals surface area contributed by atoms with Crippen LogP contribution in [0.3, 0.4) is 0 Å². The number of unbranched alkanes of at least 4 members (excludes halogenated alkanes) is 1. The molecule has 0 aliphatic heterocycles. The summed E-state index contributed by atoms with van der Waals surface area (Å²) in [5.41, 5.74) is 3.83. The molecule has 6 heteroatoms. The molecule has 1 aromatic carbocycles. The Morgan fingerprint density at radius 1 is 1.27 bits per heavy atom. The number of rotatable bonds is 9. The van der Waals surface area contributed by atoms with Gasteiger partial charge in [-0.1, -0.05) is 13.3 Å². The first-order valence-electron chi connectivity index (χ1n) is 7.41. The summed E-state index contributed by atoms with van der Waals surface area (Å²) in [7, 11) is 0. The topological polar surface area (TPSA) is 55.7 Å². The standard InChI is InChI=1S/C16H21N3O2S/c1-3-5-9-21-14-7-6-13(11-15(14)20-4-2)12-18-19-16-17-8-10-22-16/h6-8,10-12H,3-5,9H2,1-2H3,(H,17,19)/b18-12+. The van der Waals surface area contributed by atoms with Gasteiger partial charge in [0.1, 0.15) is 0 Å². The van der Waals surface area contributed by atoms with Crippen LogP contribution in [0.15, 0.2) is 34.9 Å². The van der Waals surface area contributed by atoms with Gasteiger partial charge in [-0.3, -0.25) is 5.43 Å². The van der Waals surface area contributed by atoms with E-state index in [-0.39, 0.29) is 0 Å². The van der Waals surface area contributed by atoms with Gasteiger partial charge < -0.3 is 9.47 Å². The van der Waals surface area contributed by atoms with E-state index in [1.165, 1.54) is 11.3 Å². The highest BCUT2D eigenvalue weighted by molar-refractivity contribution is 7.13. The molecule has 0 amide bonds. The summed E-state index contributed by atoms with van der Waals surface area (Å²) in [6.45, 7) is 5.40. The SMILES string of the molecule is CCCCOc1ccc(/C=N/Nc2nccs2)cc1OCC. The van der Waals surface area contributed by atoms with Crippen LogP contribution < -0.4 is 14.9 Å². The minimum absolute atomic E-state index is 0.599. The quantitative estimate of drug-likeness (QED) is 0.428. The Balaban J connectivity index is 2.02. The Morgan fingerprint density at radius 2 is 2.18 bits per heavy atom. The smallest absolute Gasteiger partial charge is 0.203 e. The predicted octanol–water partition coefficient (Wildman–Crippen LogP) is 4.17. The first kappa shape index (κ1) is 16.3. The van der Waals surface area contributed by atoms with Gasteiger partial charge in [-0.2, -0.15) is 5.10 Å². The molecule has 1 heterocycles. The van der Waals surface area contributed by atoms with E-state index in [1.807, 2.05) is 30.5 Å². The monoisotopic (exact) mass is 319 g/mol. The Kier molecular flexibility index (Phi) is 6.70. The third kappa shape index (κ3) is 5.04. The largest absolute Gasteiger partial charge is 0.490 e. The van der Waals surface area contributed by atoms with E-state index >= 15 is 0 Å². The molecule has 0 spiro atoms. The molecule has 0 aliphatic rings. The van der Waals surface area contributed by atoms with Crippen LogP contribution >= 0.6 is 11.3 Å². The van der Waals surface area contributed by atoms with E-state index < -0.39 is 0 Å². The first-order valence-corrected chi connectivity index (χ1v) is 8.29. The highest BCUT2D eigenvalue weighted by atomic mass is 32.1. The second-order valence-electron chi connectivity index (χ2n) is 4.55. The lowest BCUT2D eigenvalue weighted by molar-refractivity contribution is 0.272. The maximum atomic E-state index is 5.76. The summed E-state index contributed by atoms with van der Waals surface area (Å²) in [5.74, 6) is 1.53. The molecule has 0 radical (unpaired) electrons. The second kappa shape index (κ2) is 9.04. The van der Waals surface area contributed by atoms with Gasteiger partial charge in [0.2, 0.25) is 5.13 Å². The van der Waals surface area contributed by atoms with E-state index in [0.717, 1.165) is 35.0 Å². The molecule has 0 unspecified atom stereocenters. The van der Waals surface area contributed by atoms with Gasteiger partial charge in [-0.25, -0.2) is 4.98 Å². The van der Waals surface area contributed by atoms with Crippen LogP contribution in [0.2, 0.25) is 0 Å². The highest BCUT2D eigenvalue weighted by Gasteiger charge is 2.05. The lowest BCUT2D eigenvalue weighted by Gasteiger charge is -2.12. The van der Waals surface area contributed by atoms with E-state index in [0.29, 0.717) is 13.2 Å². The van der Waals surface area contributed by atoms with Crippen molar-refractivity contribution >= 4 is 22.7 Å². The third-order valence-corrected chi connectivity index (χ3v) is 3.51. The fourth-order valence-electron chi connectivity index (χ4n) is 1.76. The fourth-order valence-corrected chi connectivity index (χ4v) is 2.24. The van der Waals surface area contributed by atoms with E-state index in [9.17, 15) is 0 Å². The fraction of sp³-hybridized carbons (Fsp3) is 0.375. The van der Waals surface area contributed by atoms with Crippen LogP contribution in [0, 0.1) is 0 Å². The zero-order chi connectivity index (χ0) is 15.6. The predicted molar refractivity (Wildman–Crippen MR) is 91.3 cm³/mol. The van der Waals surface area contributed by atoms with Crippen molar-refractivity contribution < 1.29 is 9.47 Å². The Hall–Kier alpha value is -2.08. The van der Waals surface area contributed by atoms with Gasteiger partial charge in [-0.15, -0.1) is 11.3 Å². The van der Waals surface area contributed by atoms with Crippen molar-refractivity contribution in [3.63, 3.8) is 0 Å². The third-order valence-electron chi connectivity index (χ3n) is 2.83. The molecule has 2 rings (SSSR count). The number of ether oxygens (including phenoxy) is 2. The van der Waals surface area contributed by atoms with Gasteiger partial charge in [0, 0.05) is 11.6 Å². The number of hydrazone groups is 1. The van der Waals surface area contributed by atoms with Crippen molar-refractivity contribution in [1.82, 2.24) is 4.98 Å². The van der Waals surface area contributed by atoms with Crippen molar-refractivity contribution in [3.05, 3.63) is 35.3 Å². The van der Waals surface area contributed by atoms with Gasteiger partial charge in [0.25, 0.3) is 0 Å². The molecule has 0 saturated carbocycles. The van der Waals surface area contributed by atoms with Crippen molar-refractivity contribution in [3.8, 4) is 11.5 Å². The lowest BCUT2D eigenvalue weighted by Crippen LogP contribution is -2.01. The second-order valence-corrected chi connectivity index (χ2v) is 5.44. The van der Waals surface area contributed by atoms with Gasteiger partial charge in [0.05, 0.1) is 19.4 Å². The molecule has 1 N–H and O–H groups in total. The lowest BCUT2D eigenvalue weighted by atomic mass is 10.2. The van der Waals surface area contributed by atoms with Crippen molar-refractivity contribution in [2.24, 2.45) is 5.10 Å². The van der Waals surface area contributed by atoms with Crippen molar-refractivity contribution in [1.29, 1.82) is 0 Å². The first-order chi connectivity index (χ1) is 10.8. The Bertz CT molecular complexity index is 585. The maximum Gasteiger partial charge on any atom is 0.203 e. The minimum atomic E-state index is 0.599. The molecule has 1 aromatic heterocycles. The summed E-state index contributed by atoms with van der Waals surface area (Å²) >= 11 is 1.50. The van der Waals surface area contributed by atoms with Crippen LogP contribution in [-0.2, 0) is 0 Å². The number of aromatic nitrogens is 1. The van der Waals surface area contributed by atoms with Crippen LogP contribution in [-0.4, -0.2) is 24.4 Å². The normalized spacial score (nSPS) is 10.8. The van der Waals surface area contributed by atoms with E-state index in [1.54, 1.807) is 12.4 Å². The zero-order valence-corrected chi connectivity index (χ0v) is 13.7. The number of hydrogen-bond donors (Lipinski definition) is 1. The zero-order valence-electron chi connectivity index (χ0n) is 12.9. The molecule has 0 saturated heterocycles. The van der Waals surface area contributed by atoms with Gasteiger partial charge >= 0.3 is 0 Å². The number of thiazole rings is 1. The number of benzene rings is 1. The molecule has 0 aliphatic carbocycles. The molecule has 118 valence electrons. The van der Waals surface area contributed by atoms with Crippen LogP contribution in [0.25, 0.3) is 0 Å². The number of nitrogens with zero attached hydrogens (tertiary/aromatic N) is 2. The van der Waals surface area contributed by atoms with Crippen molar-refractivity contribution in [2.75, 3.05) is 18.6 Å². The number of nitrogens with one attached hydrogen (secondary N) is 1. The summed E-state index contributed by atoms with van der Waals surface area (Å²) in [6.07, 6.45) is 5.61. The van der Waals surface area contributed by atoms with E-state index in [2.05, 4.69) is 22.4 Å². The molecule has 22 heavy (non-hydrogen) atoms. The summed E-state index contributed by atoms with van der Waals surface area (Å²) < 4.78 is 11.4. The molecular formula is C16H21N3O2S. The number of anilines is 1.